The number of thiocarbonyl (C=S) groups is 1. The topological polar surface area (TPSA) is 69.0 Å². The number of aryl methyl sites for hydroxylation is 2. The van der Waals surface area contributed by atoms with Gasteiger partial charge in [0.25, 0.3) is 5.91 Å². The highest BCUT2D eigenvalue weighted by molar-refractivity contribution is 7.80. The number of carbonyl (C=O) groups is 1. The number of hydrogen-bond acceptors (Lipinski definition) is 2. The Kier molecular flexibility index (Phi) is 4.42. The zero-order valence-corrected chi connectivity index (χ0v) is 14.4. The Morgan fingerprint density at radius 3 is 2.50 bits per heavy atom. The molecule has 0 spiro atoms. The lowest BCUT2D eigenvalue weighted by Crippen LogP contribution is -2.52. The highest BCUT2D eigenvalue weighted by atomic mass is 32.1. The Morgan fingerprint density at radius 2 is 1.86 bits per heavy atom. The molecule has 0 saturated carbocycles. The van der Waals surface area contributed by atoms with E-state index in [2.05, 4.69) is 28.1 Å². The van der Waals surface area contributed by atoms with Gasteiger partial charge in [-0.3, -0.25) is 15.6 Å². The zero-order chi connectivity index (χ0) is 16.5. The van der Waals surface area contributed by atoms with Gasteiger partial charge < -0.3 is 10.3 Å². The zero-order valence-electron chi connectivity index (χ0n) is 13.5. The number of carbonyl (C=O) groups excluding carboxylic acids is 1. The van der Waals surface area contributed by atoms with E-state index in [0.29, 0.717) is 10.8 Å². The third-order valence-electron chi connectivity index (χ3n) is 3.37. The first-order chi connectivity index (χ1) is 10.2. The van der Waals surface area contributed by atoms with Gasteiger partial charge in [-0.05, 0) is 70.1 Å². The van der Waals surface area contributed by atoms with Crippen molar-refractivity contribution in [3.8, 4) is 0 Å². The molecule has 1 amide bonds. The number of aromatic amines is 1. The molecule has 1 heterocycles. The van der Waals surface area contributed by atoms with Crippen LogP contribution in [0.5, 0.6) is 0 Å². The van der Waals surface area contributed by atoms with Gasteiger partial charge in [0, 0.05) is 16.4 Å². The van der Waals surface area contributed by atoms with Crippen LogP contribution >= 0.6 is 12.2 Å². The molecule has 1 aromatic carbocycles. The summed E-state index contributed by atoms with van der Waals surface area (Å²) >= 11 is 5.13. The van der Waals surface area contributed by atoms with Gasteiger partial charge in [-0.15, -0.1) is 0 Å². The number of H-pyrrole nitrogens is 1. The largest absolute Gasteiger partial charge is 0.357 e. The Bertz CT molecular complexity index is 728. The van der Waals surface area contributed by atoms with Crippen molar-refractivity contribution in [1.29, 1.82) is 0 Å². The first-order valence-corrected chi connectivity index (χ1v) is 7.55. The van der Waals surface area contributed by atoms with E-state index in [1.54, 1.807) is 0 Å². The van der Waals surface area contributed by atoms with Crippen molar-refractivity contribution in [2.45, 2.75) is 40.2 Å². The minimum atomic E-state index is -0.258. The highest BCUT2D eigenvalue weighted by Crippen LogP contribution is 2.22. The molecule has 2 rings (SSSR count). The predicted octanol–water partition coefficient (Wildman–Crippen LogP) is 2.69. The van der Waals surface area contributed by atoms with Crippen LogP contribution in [0.15, 0.2) is 18.2 Å². The summed E-state index contributed by atoms with van der Waals surface area (Å²) < 4.78 is 0. The van der Waals surface area contributed by atoms with E-state index in [1.165, 1.54) is 11.1 Å². The molecule has 0 aliphatic heterocycles. The summed E-state index contributed by atoms with van der Waals surface area (Å²) in [6.07, 6.45) is 0. The molecule has 5 nitrogen and oxygen atoms in total. The van der Waals surface area contributed by atoms with Crippen molar-refractivity contribution in [2.75, 3.05) is 0 Å². The summed E-state index contributed by atoms with van der Waals surface area (Å²) in [5, 5.41) is 4.50. The molecule has 0 fully saturated rings. The fourth-order valence-electron chi connectivity index (χ4n) is 2.13. The van der Waals surface area contributed by atoms with E-state index in [0.717, 1.165) is 10.9 Å². The standard InChI is InChI=1S/C16H22N4OS/c1-9-6-7-12-11(10(9)2)8-13(17-12)14(21)19-20-15(22)18-16(3,4)5/h6-8,17H,1-5H3,(H,19,21)(H2,18,20,22). The molecular weight excluding hydrogens is 296 g/mol. The summed E-state index contributed by atoms with van der Waals surface area (Å²) in [4.78, 5) is 15.3. The molecular formula is C16H22N4OS. The van der Waals surface area contributed by atoms with Crippen molar-refractivity contribution in [2.24, 2.45) is 0 Å². The number of hydrazine groups is 1. The Balaban J connectivity index is 2.07. The fourth-order valence-corrected chi connectivity index (χ4v) is 2.49. The van der Waals surface area contributed by atoms with Crippen LogP contribution < -0.4 is 16.2 Å². The molecule has 0 aliphatic rings. The highest BCUT2D eigenvalue weighted by Gasteiger charge is 2.14. The van der Waals surface area contributed by atoms with Crippen molar-refractivity contribution >= 4 is 34.1 Å². The second-order valence-corrected chi connectivity index (χ2v) is 6.84. The predicted molar refractivity (Wildman–Crippen MR) is 93.9 cm³/mol. The molecule has 118 valence electrons. The molecule has 0 atom stereocenters. The van der Waals surface area contributed by atoms with Gasteiger partial charge in [-0.1, -0.05) is 6.07 Å². The van der Waals surface area contributed by atoms with Crippen LogP contribution in [-0.2, 0) is 0 Å². The lowest BCUT2D eigenvalue weighted by atomic mass is 10.1. The van der Waals surface area contributed by atoms with E-state index in [9.17, 15) is 4.79 Å². The fraction of sp³-hybridized carbons (Fsp3) is 0.375. The van der Waals surface area contributed by atoms with Crippen LogP contribution in [-0.4, -0.2) is 21.5 Å². The minimum absolute atomic E-state index is 0.162. The van der Waals surface area contributed by atoms with Gasteiger partial charge in [0.2, 0.25) is 0 Å². The second-order valence-electron chi connectivity index (χ2n) is 6.43. The molecule has 0 aliphatic carbocycles. The van der Waals surface area contributed by atoms with Crippen LogP contribution in [0.3, 0.4) is 0 Å². The third-order valence-corrected chi connectivity index (χ3v) is 3.57. The quantitative estimate of drug-likeness (QED) is 0.482. The summed E-state index contributed by atoms with van der Waals surface area (Å²) in [7, 11) is 0. The van der Waals surface area contributed by atoms with E-state index in [4.69, 9.17) is 12.2 Å². The van der Waals surface area contributed by atoms with Crippen LogP contribution in [0, 0.1) is 13.8 Å². The first-order valence-electron chi connectivity index (χ1n) is 7.15. The van der Waals surface area contributed by atoms with E-state index in [1.807, 2.05) is 45.9 Å². The van der Waals surface area contributed by atoms with Crippen LogP contribution in [0.4, 0.5) is 0 Å². The summed E-state index contributed by atoms with van der Waals surface area (Å²) in [5.41, 5.74) is 8.95. The smallest absolute Gasteiger partial charge is 0.286 e. The minimum Gasteiger partial charge on any atom is -0.357 e. The number of aromatic nitrogens is 1. The first kappa shape index (κ1) is 16.3. The summed E-state index contributed by atoms with van der Waals surface area (Å²) in [6, 6.07) is 5.87. The van der Waals surface area contributed by atoms with Crippen LogP contribution in [0.1, 0.15) is 42.4 Å². The number of fused-ring (bicyclic) bond motifs is 1. The summed E-state index contributed by atoms with van der Waals surface area (Å²) in [6.45, 7) is 10.1. The lowest BCUT2D eigenvalue weighted by Gasteiger charge is -2.22. The SMILES string of the molecule is Cc1ccc2[nH]c(C(=O)NNC(=S)NC(C)(C)C)cc2c1C. The molecule has 6 heteroatoms. The number of benzene rings is 1. The third kappa shape index (κ3) is 3.76. The maximum Gasteiger partial charge on any atom is 0.286 e. The number of rotatable bonds is 1. The Morgan fingerprint density at radius 1 is 1.18 bits per heavy atom. The van der Waals surface area contributed by atoms with Gasteiger partial charge in [0.1, 0.15) is 5.69 Å². The second kappa shape index (κ2) is 5.96. The van der Waals surface area contributed by atoms with Crippen molar-refractivity contribution in [3.63, 3.8) is 0 Å². The van der Waals surface area contributed by atoms with Crippen molar-refractivity contribution < 1.29 is 4.79 Å². The van der Waals surface area contributed by atoms with E-state index in [-0.39, 0.29) is 11.4 Å². The van der Waals surface area contributed by atoms with E-state index < -0.39 is 0 Å². The normalized spacial score (nSPS) is 11.3. The molecule has 0 saturated heterocycles. The van der Waals surface area contributed by atoms with Crippen molar-refractivity contribution in [3.05, 3.63) is 35.0 Å². The number of hydrogen-bond donors (Lipinski definition) is 4. The van der Waals surface area contributed by atoms with Gasteiger partial charge >= 0.3 is 0 Å². The Labute approximate surface area is 135 Å². The van der Waals surface area contributed by atoms with Gasteiger partial charge in [-0.25, -0.2) is 0 Å². The monoisotopic (exact) mass is 318 g/mol. The number of amides is 1. The molecule has 2 aromatic rings. The van der Waals surface area contributed by atoms with Crippen LogP contribution in [0.25, 0.3) is 10.9 Å². The maximum absolute atomic E-state index is 12.2. The summed E-state index contributed by atoms with van der Waals surface area (Å²) in [5.74, 6) is -0.258. The lowest BCUT2D eigenvalue weighted by molar-refractivity contribution is 0.0939. The van der Waals surface area contributed by atoms with Gasteiger partial charge in [0.15, 0.2) is 5.11 Å². The molecule has 1 aromatic heterocycles. The average Bonchev–Trinajstić information content (AvgIpc) is 2.83. The number of nitrogens with one attached hydrogen (secondary N) is 4. The average molecular weight is 318 g/mol. The molecule has 4 N–H and O–H groups in total. The van der Waals surface area contributed by atoms with Crippen molar-refractivity contribution in [1.82, 2.24) is 21.2 Å². The van der Waals surface area contributed by atoms with Gasteiger partial charge in [-0.2, -0.15) is 0 Å². The van der Waals surface area contributed by atoms with Gasteiger partial charge in [0.05, 0.1) is 0 Å². The Hall–Kier alpha value is -2.08. The molecule has 0 bridgehead atoms. The molecule has 0 radical (unpaired) electrons. The van der Waals surface area contributed by atoms with E-state index >= 15 is 0 Å². The molecule has 0 unspecified atom stereocenters. The van der Waals surface area contributed by atoms with Crippen LogP contribution in [0.2, 0.25) is 0 Å². The maximum atomic E-state index is 12.2. The molecule has 22 heavy (non-hydrogen) atoms.